The van der Waals surface area contributed by atoms with Gasteiger partial charge in [0.2, 0.25) is 0 Å². The molecule has 2 aromatic rings. The standard InChI is InChI=1S/C24H30N4O4S/c1-24(12-11-18-7-3-2-4-8-18)22(30)28(23(31)25-24)26-21(29)17-27(15-19-9-5-13-32-19)16-20-10-6-14-33-20/h2-4,6-8,10,14,19H,5,9,11-13,15-17H2,1H3,(H,25,31)(H,26,29)/t19-,24+/m0/s1. The Labute approximate surface area is 197 Å². The summed E-state index contributed by atoms with van der Waals surface area (Å²) in [7, 11) is 0. The van der Waals surface area contributed by atoms with E-state index in [1.54, 1.807) is 18.3 Å². The molecule has 3 heterocycles. The van der Waals surface area contributed by atoms with Crippen LogP contribution in [0.15, 0.2) is 47.8 Å². The zero-order valence-electron chi connectivity index (χ0n) is 18.8. The van der Waals surface area contributed by atoms with E-state index in [2.05, 4.69) is 10.7 Å². The maximum Gasteiger partial charge on any atom is 0.344 e. The van der Waals surface area contributed by atoms with Crippen molar-refractivity contribution in [3.05, 3.63) is 58.3 Å². The van der Waals surface area contributed by atoms with Gasteiger partial charge in [-0.05, 0) is 49.6 Å². The molecule has 0 bridgehead atoms. The van der Waals surface area contributed by atoms with Gasteiger partial charge in [0.25, 0.3) is 11.8 Å². The number of rotatable bonds is 10. The number of amides is 4. The molecule has 4 rings (SSSR count). The van der Waals surface area contributed by atoms with Crippen LogP contribution in [0.5, 0.6) is 0 Å². The number of urea groups is 1. The average Bonchev–Trinajstić information content (AvgIpc) is 3.54. The van der Waals surface area contributed by atoms with Gasteiger partial charge in [-0.2, -0.15) is 5.01 Å². The molecule has 2 saturated heterocycles. The van der Waals surface area contributed by atoms with Crippen LogP contribution in [0.3, 0.4) is 0 Å². The van der Waals surface area contributed by atoms with Crippen molar-refractivity contribution in [2.75, 3.05) is 19.7 Å². The molecule has 0 aliphatic carbocycles. The molecule has 176 valence electrons. The van der Waals surface area contributed by atoms with Crippen molar-refractivity contribution in [3.8, 4) is 0 Å². The fourth-order valence-electron chi connectivity index (χ4n) is 4.24. The number of aryl methyl sites for hydroxylation is 1. The number of hydrogen-bond acceptors (Lipinski definition) is 6. The summed E-state index contributed by atoms with van der Waals surface area (Å²) >= 11 is 1.63. The van der Waals surface area contributed by atoms with Crippen LogP contribution in [0.25, 0.3) is 0 Å². The van der Waals surface area contributed by atoms with Crippen LogP contribution in [-0.2, 0) is 27.3 Å². The number of hydrogen-bond donors (Lipinski definition) is 2. The molecular weight excluding hydrogens is 440 g/mol. The van der Waals surface area contributed by atoms with Crippen molar-refractivity contribution in [1.82, 2.24) is 20.7 Å². The minimum absolute atomic E-state index is 0.0650. The molecule has 2 atom stereocenters. The largest absolute Gasteiger partial charge is 0.377 e. The molecule has 1 aromatic carbocycles. The summed E-state index contributed by atoms with van der Waals surface area (Å²) in [6.45, 7) is 3.74. The SMILES string of the molecule is C[C@]1(CCc2ccccc2)NC(=O)N(NC(=O)CN(Cc2cccs2)C[C@@H]2CCCO2)C1=O. The van der Waals surface area contributed by atoms with Crippen LogP contribution < -0.4 is 10.7 Å². The highest BCUT2D eigenvalue weighted by atomic mass is 32.1. The highest BCUT2D eigenvalue weighted by Crippen LogP contribution is 2.22. The first-order chi connectivity index (χ1) is 15.9. The van der Waals surface area contributed by atoms with Crippen molar-refractivity contribution >= 4 is 29.2 Å². The molecule has 2 N–H and O–H groups in total. The fourth-order valence-corrected chi connectivity index (χ4v) is 4.99. The first-order valence-electron chi connectivity index (χ1n) is 11.3. The highest BCUT2D eigenvalue weighted by molar-refractivity contribution is 7.09. The van der Waals surface area contributed by atoms with E-state index < -0.39 is 23.4 Å². The summed E-state index contributed by atoms with van der Waals surface area (Å²) in [6, 6.07) is 13.2. The van der Waals surface area contributed by atoms with Crippen molar-refractivity contribution in [2.24, 2.45) is 0 Å². The molecule has 1 aromatic heterocycles. The van der Waals surface area contributed by atoms with E-state index >= 15 is 0 Å². The minimum Gasteiger partial charge on any atom is -0.377 e. The second-order valence-corrected chi connectivity index (χ2v) is 9.84. The smallest absolute Gasteiger partial charge is 0.344 e. The molecule has 0 unspecified atom stereocenters. The Morgan fingerprint density at radius 1 is 1.27 bits per heavy atom. The van der Waals surface area contributed by atoms with Crippen LogP contribution in [0.4, 0.5) is 4.79 Å². The van der Waals surface area contributed by atoms with E-state index in [4.69, 9.17) is 4.74 Å². The summed E-state index contributed by atoms with van der Waals surface area (Å²) in [5.41, 5.74) is 2.54. The summed E-state index contributed by atoms with van der Waals surface area (Å²) in [6.07, 6.45) is 3.16. The summed E-state index contributed by atoms with van der Waals surface area (Å²) in [4.78, 5) is 41.5. The molecule has 2 aliphatic rings. The van der Waals surface area contributed by atoms with Gasteiger partial charge in [-0.1, -0.05) is 36.4 Å². The fraction of sp³-hybridized carbons (Fsp3) is 0.458. The quantitative estimate of drug-likeness (QED) is 0.521. The van der Waals surface area contributed by atoms with Crippen molar-refractivity contribution in [3.63, 3.8) is 0 Å². The number of benzene rings is 1. The highest BCUT2D eigenvalue weighted by Gasteiger charge is 2.48. The Balaban J connectivity index is 1.35. The van der Waals surface area contributed by atoms with Gasteiger partial charge in [0.15, 0.2) is 0 Å². The molecule has 2 aliphatic heterocycles. The lowest BCUT2D eigenvalue weighted by Crippen LogP contribution is -2.51. The van der Waals surface area contributed by atoms with E-state index in [0.29, 0.717) is 25.9 Å². The molecule has 9 heteroatoms. The number of imide groups is 1. The van der Waals surface area contributed by atoms with Gasteiger partial charge in [-0.3, -0.25) is 19.9 Å². The van der Waals surface area contributed by atoms with Gasteiger partial charge in [-0.15, -0.1) is 11.3 Å². The Bertz CT molecular complexity index is 962. The molecule has 0 saturated carbocycles. The lowest BCUT2D eigenvalue weighted by Gasteiger charge is -2.25. The zero-order valence-corrected chi connectivity index (χ0v) is 19.6. The van der Waals surface area contributed by atoms with Gasteiger partial charge in [-0.25, -0.2) is 4.79 Å². The maximum absolute atomic E-state index is 13.0. The second-order valence-electron chi connectivity index (χ2n) is 8.81. The van der Waals surface area contributed by atoms with E-state index in [9.17, 15) is 14.4 Å². The number of carbonyl (C=O) groups excluding carboxylic acids is 3. The molecular formula is C24H30N4O4S. The number of nitrogens with zero attached hydrogens (tertiary/aromatic N) is 2. The third-order valence-corrected chi connectivity index (χ3v) is 6.93. The number of nitrogens with one attached hydrogen (secondary N) is 2. The molecule has 0 spiro atoms. The topological polar surface area (TPSA) is 91.0 Å². The maximum atomic E-state index is 13.0. The monoisotopic (exact) mass is 470 g/mol. The number of carbonyl (C=O) groups is 3. The average molecular weight is 471 g/mol. The van der Waals surface area contributed by atoms with Crippen LogP contribution in [-0.4, -0.2) is 59.1 Å². The van der Waals surface area contributed by atoms with E-state index in [-0.39, 0.29) is 12.6 Å². The van der Waals surface area contributed by atoms with E-state index in [0.717, 1.165) is 34.9 Å². The Hall–Kier alpha value is -2.75. The molecule has 4 amide bonds. The summed E-state index contributed by atoms with van der Waals surface area (Å²) in [5, 5.41) is 5.57. The van der Waals surface area contributed by atoms with Crippen molar-refractivity contribution < 1.29 is 19.1 Å². The van der Waals surface area contributed by atoms with Crippen molar-refractivity contribution in [1.29, 1.82) is 0 Å². The second kappa shape index (κ2) is 10.5. The van der Waals surface area contributed by atoms with Gasteiger partial charge in [0, 0.05) is 24.6 Å². The van der Waals surface area contributed by atoms with E-state index in [1.165, 1.54) is 0 Å². The molecule has 0 radical (unpaired) electrons. The van der Waals surface area contributed by atoms with Gasteiger partial charge in [0.1, 0.15) is 5.54 Å². The lowest BCUT2D eigenvalue weighted by molar-refractivity contribution is -0.139. The normalized spacial score (nSPS) is 22.7. The van der Waals surface area contributed by atoms with Crippen LogP contribution in [0.2, 0.25) is 0 Å². The van der Waals surface area contributed by atoms with Crippen LogP contribution >= 0.6 is 11.3 Å². The third kappa shape index (κ3) is 5.98. The molecule has 2 fully saturated rings. The lowest BCUT2D eigenvalue weighted by atomic mass is 9.93. The number of ether oxygens (including phenoxy) is 1. The predicted molar refractivity (Wildman–Crippen MR) is 125 cm³/mol. The first-order valence-corrected chi connectivity index (χ1v) is 12.2. The Kier molecular flexibility index (Phi) is 7.42. The summed E-state index contributed by atoms with van der Waals surface area (Å²) < 4.78 is 5.74. The van der Waals surface area contributed by atoms with Gasteiger partial charge < -0.3 is 10.1 Å². The van der Waals surface area contributed by atoms with E-state index in [1.807, 2.05) is 52.7 Å². The van der Waals surface area contributed by atoms with Crippen LogP contribution in [0.1, 0.15) is 36.6 Å². The van der Waals surface area contributed by atoms with Crippen molar-refractivity contribution in [2.45, 2.75) is 50.8 Å². The zero-order chi connectivity index (χ0) is 23.3. The Morgan fingerprint density at radius 2 is 2.09 bits per heavy atom. The summed E-state index contributed by atoms with van der Waals surface area (Å²) in [5.74, 6) is -0.846. The minimum atomic E-state index is -1.06. The van der Waals surface area contributed by atoms with Crippen LogP contribution in [0, 0.1) is 0 Å². The third-order valence-electron chi connectivity index (χ3n) is 6.07. The Morgan fingerprint density at radius 3 is 2.79 bits per heavy atom. The number of thiophene rings is 1. The van der Waals surface area contributed by atoms with Gasteiger partial charge >= 0.3 is 6.03 Å². The predicted octanol–water partition coefficient (Wildman–Crippen LogP) is 2.70. The first kappa shape index (κ1) is 23.4. The molecule has 33 heavy (non-hydrogen) atoms. The number of hydrazine groups is 1. The van der Waals surface area contributed by atoms with Gasteiger partial charge in [0.05, 0.1) is 12.6 Å². The molecule has 8 nitrogen and oxygen atoms in total.